The van der Waals surface area contributed by atoms with Crippen molar-refractivity contribution < 1.29 is 72.7 Å². The van der Waals surface area contributed by atoms with E-state index in [-0.39, 0.29) is 0 Å². The summed E-state index contributed by atoms with van der Waals surface area (Å²) in [5, 5.41) is 30.9. The zero-order valence-electron chi connectivity index (χ0n) is 17.1. The predicted molar refractivity (Wildman–Crippen MR) is 114 cm³/mol. The van der Waals surface area contributed by atoms with Crippen molar-refractivity contribution in [2.24, 2.45) is 0 Å². The van der Waals surface area contributed by atoms with Gasteiger partial charge in [0.1, 0.15) is 36.5 Å². The molecular formula is C12H21N4O15P3S. The van der Waals surface area contributed by atoms with Crippen LogP contribution in [0.2, 0.25) is 0 Å². The van der Waals surface area contributed by atoms with E-state index in [1.165, 1.54) is 24.6 Å². The maximum atomic E-state index is 10.1. The first-order chi connectivity index (χ1) is 15.5. The Morgan fingerprint density at radius 3 is 1.80 bits per heavy atom. The third kappa shape index (κ3) is 13.4. The number of fused-ring (bicyclic) bond motifs is 1. The number of nitrogens with zero attached hydrogens (tertiary/aromatic N) is 3. The van der Waals surface area contributed by atoms with Gasteiger partial charge in [0.25, 0.3) is 0 Å². The number of nitrogen functional groups attached to an aromatic ring is 1. The molecule has 19 nitrogen and oxygen atoms in total. The van der Waals surface area contributed by atoms with Crippen LogP contribution < -0.4 is 5.73 Å². The SMILES string of the molecule is C[C@]1(C#N)O[C@@H](c2csc3c(N)ncnc23)[C@H](O)[C@@H]1O.O=P(O)(O)O.O=P(O)(O)O.O=P(O)(O)O. The summed E-state index contributed by atoms with van der Waals surface area (Å²) in [5.41, 5.74) is 5.49. The molecule has 35 heavy (non-hydrogen) atoms. The van der Waals surface area contributed by atoms with Crippen LogP contribution in [0.1, 0.15) is 18.6 Å². The van der Waals surface area contributed by atoms with E-state index >= 15 is 0 Å². The van der Waals surface area contributed by atoms with E-state index in [4.69, 9.17) is 73.5 Å². The minimum Gasteiger partial charge on any atom is -0.387 e. The lowest BCUT2D eigenvalue weighted by Gasteiger charge is -2.18. The Hall–Kier alpha value is -1.46. The van der Waals surface area contributed by atoms with Crippen molar-refractivity contribution in [3.05, 3.63) is 17.3 Å². The Morgan fingerprint density at radius 2 is 1.43 bits per heavy atom. The van der Waals surface area contributed by atoms with E-state index in [0.717, 1.165) is 0 Å². The number of anilines is 1. The number of phosphoric acid groups is 3. The van der Waals surface area contributed by atoms with Gasteiger partial charge in [-0.15, -0.1) is 11.3 Å². The molecule has 1 aliphatic heterocycles. The van der Waals surface area contributed by atoms with E-state index in [2.05, 4.69) is 9.97 Å². The number of aliphatic hydroxyl groups is 2. The third-order valence-corrected chi connectivity index (χ3v) is 4.52. The second kappa shape index (κ2) is 12.7. The van der Waals surface area contributed by atoms with Gasteiger partial charge in [0, 0.05) is 5.56 Å². The van der Waals surface area contributed by atoms with Crippen LogP contribution in [0.15, 0.2) is 11.7 Å². The number of aromatic nitrogens is 2. The smallest absolute Gasteiger partial charge is 0.387 e. The van der Waals surface area contributed by atoms with Crippen LogP contribution in [0.5, 0.6) is 0 Å². The van der Waals surface area contributed by atoms with Crippen molar-refractivity contribution in [3.63, 3.8) is 0 Å². The third-order valence-electron chi connectivity index (χ3n) is 3.51. The highest BCUT2D eigenvalue weighted by molar-refractivity contribution is 7.45. The predicted octanol–water partition coefficient (Wildman–Crippen LogP) is -2.44. The van der Waals surface area contributed by atoms with E-state index < -0.39 is 47.4 Å². The van der Waals surface area contributed by atoms with Gasteiger partial charge < -0.3 is 64.7 Å². The molecule has 0 radical (unpaired) electrons. The number of thiophene rings is 1. The molecule has 1 aliphatic rings. The Morgan fingerprint density at radius 1 is 1.00 bits per heavy atom. The van der Waals surface area contributed by atoms with Crippen LogP contribution in [0.3, 0.4) is 0 Å². The summed E-state index contributed by atoms with van der Waals surface area (Å²) < 4.78 is 32.9. The Kier molecular flexibility index (Phi) is 12.1. The highest BCUT2D eigenvalue weighted by Crippen LogP contribution is 2.43. The van der Waals surface area contributed by atoms with Crippen molar-refractivity contribution >= 4 is 50.8 Å². The van der Waals surface area contributed by atoms with Crippen LogP contribution in [0, 0.1) is 11.3 Å². The van der Waals surface area contributed by atoms with Gasteiger partial charge in [0.15, 0.2) is 5.60 Å². The molecule has 3 heterocycles. The Bertz CT molecular complexity index is 1100. The quantitative estimate of drug-likeness (QED) is 0.154. The summed E-state index contributed by atoms with van der Waals surface area (Å²) >= 11 is 1.33. The maximum absolute atomic E-state index is 10.1. The van der Waals surface area contributed by atoms with Gasteiger partial charge in [0.2, 0.25) is 0 Å². The van der Waals surface area contributed by atoms with Crippen LogP contribution >= 0.6 is 34.8 Å². The van der Waals surface area contributed by atoms with Crippen LogP contribution in [-0.4, -0.2) is 82.0 Å². The lowest BCUT2D eigenvalue weighted by Crippen LogP contribution is -2.38. The van der Waals surface area contributed by atoms with Gasteiger partial charge >= 0.3 is 23.5 Å². The average Bonchev–Trinajstić information content (AvgIpc) is 3.14. The lowest BCUT2D eigenvalue weighted by molar-refractivity contribution is -0.0298. The number of nitrogens with two attached hydrogens (primary N) is 1. The molecule has 2 aromatic rings. The van der Waals surface area contributed by atoms with Crippen molar-refractivity contribution in [1.82, 2.24) is 9.97 Å². The highest BCUT2D eigenvalue weighted by Gasteiger charge is 2.52. The molecule has 0 aromatic carbocycles. The average molecular weight is 586 g/mol. The van der Waals surface area contributed by atoms with Gasteiger partial charge in [-0.3, -0.25) is 0 Å². The fourth-order valence-electron chi connectivity index (χ4n) is 2.32. The van der Waals surface area contributed by atoms with Gasteiger partial charge in [-0.25, -0.2) is 23.7 Å². The van der Waals surface area contributed by atoms with Gasteiger partial charge in [-0.2, -0.15) is 5.26 Å². The summed E-state index contributed by atoms with van der Waals surface area (Å²) in [7, 11) is -13.9. The summed E-state index contributed by atoms with van der Waals surface area (Å²) in [5.74, 6) is 0.349. The van der Waals surface area contributed by atoms with Crippen LogP contribution in [0.25, 0.3) is 10.2 Å². The minimum atomic E-state index is -4.64. The van der Waals surface area contributed by atoms with Crippen molar-refractivity contribution in [3.8, 4) is 6.07 Å². The number of nitriles is 1. The van der Waals surface area contributed by atoms with Crippen LogP contribution in [-0.2, 0) is 18.4 Å². The molecule has 2 aromatic heterocycles. The molecule has 0 saturated carbocycles. The summed E-state index contributed by atoms with van der Waals surface area (Å²) in [4.78, 5) is 72.7. The normalized spacial score (nSPS) is 24.1. The minimum absolute atomic E-state index is 0.349. The van der Waals surface area contributed by atoms with Crippen molar-refractivity contribution in [2.75, 3.05) is 5.73 Å². The van der Waals surface area contributed by atoms with E-state index in [1.807, 2.05) is 6.07 Å². The zero-order valence-corrected chi connectivity index (χ0v) is 20.6. The highest BCUT2D eigenvalue weighted by atomic mass is 32.1. The first-order valence-corrected chi connectivity index (χ1v) is 13.8. The van der Waals surface area contributed by atoms with Crippen molar-refractivity contribution in [2.45, 2.75) is 30.8 Å². The summed E-state index contributed by atoms with van der Waals surface area (Å²) in [6.07, 6.45) is -1.98. The van der Waals surface area contributed by atoms with Gasteiger partial charge in [0.05, 0.1) is 10.2 Å². The van der Waals surface area contributed by atoms with Gasteiger partial charge in [-0.1, -0.05) is 0 Å². The van der Waals surface area contributed by atoms with Gasteiger partial charge in [-0.05, 0) is 12.3 Å². The van der Waals surface area contributed by atoms with Crippen molar-refractivity contribution in [1.29, 1.82) is 5.26 Å². The standard InChI is InChI=1S/C12H12N4O3S.3H3O4P/c1-12(3-13)10(18)7(17)8(19-12)5-2-20-9-6(5)15-4-16-11(9)14;3*1-5(2,3)4/h2,4,7-8,10,17-18H,1H3,(H2,14,15,16);3*(H3,1,2,3,4)/t7-,8-,10-,12+;;;/m0.../s1. The van der Waals surface area contributed by atoms with E-state index in [9.17, 15) is 10.2 Å². The fraction of sp³-hybridized carbons (Fsp3) is 0.417. The monoisotopic (exact) mass is 586 g/mol. The molecule has 1 fully saturated rings. The molecule has 200 valence electrons. The molecule has 0 aliphatic carbocycles. The van der Waals surface area contributed by atoms with E-state index in [1.54, 1.807) is 5.38 Å². The second-order valence-corrected chi connectivity index (χ2v) is 10.3. The molecule has 1 saturated heterocycles. The molecular weight excluding hydrogens is 565 g/mol. The number of hydrogen-bond acceptors (Lipinski definition) is 11. The molecule has 4 atom stereocenters. The maximum Gasteiger partial charge on any atom is 0.466 e. The lowest BCUT2D eigenvalue weighted by atomic mass is 9.96. The van der Waals surface area contributed by atoms with E-state index in [0.29, 0.717) is 21.6 Å². The topological polar surface area (TPSA) is 359 Å². The number of rotatable bonds is 1. The molecule has 0 bridgehead atoms. The second-order valence-electron chi connectivity index (χ2n) is 6.36. The Labute approximate surface area is 199 Å². The number of aliphatic hydroxyl groups excluding tert-OH is 2. The largest absolute Gasteiger partial charge is 0.466 e. The van der Waals surface area contributed by atoms with Crippen LogP contribution in [0.4, 0.5) is 5.82 Å². The summed E-state index contributed by atoms with van der Waals surface area (Å²) in [6, 6.07) is 1.89. The molecule has 0 unspecified atom stereocenters. The first-order valence-electron chi connectivity index (χ1n) is 8.25. The molecule has 0 amide bonds. The molecule has 23 heteroatoms. The number of ether oxygens (including phenoxy) is 1. The number of hydrogen-bond donors (Lipinski definition) is 12. The molecule has 13 N–H and O–H groups in total. The first kappa shape index (κ1) is 33.5. The molecule has 0 spiro atoms. The zero-order chi connectivity index (χ0) is 28.0. The Balaban J connectivity index is 0.000000635. The molecule has 3 rings (SSSR count). The fourth-order valence-corrected chi connectivity index (χ4v) is 3.27. The summed E-state index contributed by atoms with van der Waals surface area (Å²) in [6.45, 7) is 1.44.